The van der Waals surface area contributed by atoms with E-state index in [-0.39, 0.29) is 11.8 Å². The summed E-state index contributed by atoms with van der Waals surface area (Å²) in [6.07, 6.45) is 0. The fourth-order valence-corrected chi connectivity index (χ4v) is 1.83. The van der Waals surface area contributed by atoms with Crippen LogP contribution in [-0.4, -0.2) is 18.4 Å². The van der Waals surface area contributed by atoms with Gasteiger partial charge in [0.25, 0.3) is 0 Å². The molecule has 0 atom stereocenters. The van der Waals surface area contributed by atoms with Crippen LogP contribution in [0.5, 0.6) is 0 Å². The maximum Gasteiger partial charge on any atom is 0.235 e. The quantitative estimate of drug-likeness (QED) is 0.790. The van der Waals surface area contributed by atoms with Crippen LogP contribution in [0.1, 0.15) is 38.8 Å². The van der Waals surface area contributed by atoms with Gasteiger partial charge >= 0.3 is 0 Å². The Hall–Kier alpha value is -1.84. The van der Waals surface area contributed by atoms with E-state index in [0.29, 0.717) is 19.0 Å². The summed E-state index contributed by atoms with van der Waals surface area (Å²) in [5.74, 6) is -0.134. The van der Waals surface area contributed by atoms with Crippen molar-refractivity contribution in [1.82, 2.24) is 10.6 Å². The van der Waals surface area contributed by atoms with E-state index in [9.17, 15) is 9.59 Å². The number of amides is 2. The Morgan fingerprint density at radius 2 is 1.67 bits per heavy atom. The number of rotatable bonds is 6. The fraction of sp³-hybridized carbons (Fsp3) is 0.529. The zero-order valence-corrected chi connectivity index (χ0v) is 13.6. The second-order valence-corrected chi connectivity index (χ2v) is 6.34. The molecule has 0 spiro atoms. The molecule has 1 rings (SSSR count). The average molecular weight is 290 g/mol. The first-order valence-electron chi connectivity index (χ1n) is 7.36. The van der Waals surface area contributed by atoms with Gasteiger partial charge in [-0.2, -0.15) is 0 Å². The van der Waals surface area contributed by atoms with Crippen LogP contribution in [0, 0.1) is 18.3 Å². The highest BCUT2D eigenvalue weighted by atomic mass is 16.2. The summed E-state index contributed by atoms with van der Waals surface area (Å²) in [4.78, 5) is 24.4. The van der Waals surface area contributed by atoms with Gasteiger partial charge in [-0.3, -0.25) is 9.59 Å². The van der Waals surface area contributed by atoms with E-state index in [1.807, 2.05) is 45.0 Å². The third-order valence-electron chi connectivity index (χ3n) is 3.51. The molecule has 116 valence electrons. The number of carbonyl (C=O) groups is 2. The largest absolute Gasteiger partial charge is 0.355 e. The van der Waals surface area contributed by atoms with Gasteiger partial charge in [-0.05, 0) is 37.8 Å². The van der Waals surface area contributed by atoms with Crippen molar-refractivity contribution in [3.05, 3.63) is 35.4 Å². The Bertz CT molecular complexity index is 507. The predicted octanol–water partition coefficient (Wildman–Crippen LogP) is 2.41. The van der Waals surface area contributed by atoms with E-state index in [2.05, 4.69) is 10.6 Å². The summed E-state index contributed by atoms with van der Waals surface area (Å²) in [6.45, 7) is 10.4. The molecule has 0 heterocycles. The Kier molecular flexibility index (Phi) is 5.94. The highest BCUT2D eigenvalue weighted by Crippen LogP contribution is 2.16. The first-order valence-corrected chi connectivity index (χ1v) is 7.36. The second-order valence-electron chi connectivity index (χ2n) is 6.34. The summed E-state index contributed by atoms with van der Waals surface area (Å²) in [5.41, 5.74) is 1.11. The van der Waals surface area contributed by atoms with Crippen molar-refractivity contribution >= 4 is 11.8 Å². The number of hydrogen-bond acceptors (Lipinski definition) is 2. The van der Waals surface area contributed by atoms with Crippen molar-refractivity contribution in [1.29, 1.82) is 0 Å². The molecule has 0 aliphatic heterocycles. The van der Waals surface area contributed by atoms with Crippen molar-refractivity contribution in [2.75, 3.05) is 6.54 Å². The Morgan fingerprint density at radius 3 is 2.24 bits per heavy atom. The molecule has 0 aromatic heterocycles. The molecule has 0 unspecified atom stereocenters. The van der Waals surface area contributed by atoms with E-state index in [1.54, 1.807) is 13.8 Å². The van der Waals surface area contributed by atoms with Gasteiger partial charge in [0.2, 0.25) is 11.8 Å². The Labute approximate surface area is 127 Å². The maximum atomic E-state index is 12.3. The lowest BCUT2D eigenvalue weighted by atomic mass is 9.90. The number of carbonyl (C=O) groups excluding carboxylic acids is 2. The molecule has 1 aromatic rings. The van der Waals surface area contributed by atoms with E-state index in [1.165, 1.54) is 0 Å². The minimum atomic E-state index is -1.07. The van der Waals surface area contributed by atoms with Gasteiger partial charge in [-0.25, -0.2) is 0 Å². The lowest BCUT2D eigenvalue weighted by Crippen LogP contribution is -2.48. The summed E-state index contributed by atoms with van der Waals surface area (Å²) < 4.78 is 0. The molecule has 4 heteroatoms. The van der Waals surface area contributed by atoms with Crippen LogP contribution in [-0.2, 0) is 16.1 Å². The molecule has 2 N–H and O–H groups in total. The number of nitrogens with one attached hydrogen (secondary N) is 2. The molecule has 1 aromatic carbocycles. The molecule has 0 aliphatic carbocycles. The molecule has 0 bridgehead atoms. The summed E-state index contributed by atoms with van der Waals surface area (Å²) in [6, 6.07) is 7.88. The van der Waals surface area contributed by atoms with Crippen LogP contribution in [0.2, 0.25) is 0 Å². The number of aryl methyl sites for hydroxylation is 1. The summed E-state index contributed by atoms with van der Waals surface area (Å²) in [5, 5.41) is 5.66. The standard InChI is InChI=1S/C17H26N2O2/c1-12(2)10-18-15(20)17(4,5)16(21)19-11-14-9-7-6-8-13(14)3/h6-9,12H,10-11H2,1-5H3,(H,18,20)(H,19,21). The van der Waals surface area contributed by atoms with Crippen LogP contribution in [0.4, 0.5) is 0 Å². The third kappa shape index (κ3) is 4.88. The van der Waals surface area contributed by atoms with Gasteiger partial charge in [0, 0.05) is 13.1 Å². The van der Waals surface area contributed by atoms with Gasteiger partial charge in [-0.15, -0.1) is 0 Å². The molecule has 0 saturated carbocycles. The zero-order chi connectivity index (χ0) is 16.0. The molecule has 0 fully saturated rings. The van der Waals surface area contributed by atoms with Gasteiger partial charge in [0.05, 0.1) is 0 Å². The van der Waals surface area contributed by atoms with E-state index in [0.717, 1.165) is 11.1 Å². The molecular formula is C17H26N2O2. The topological polar surface area (TPSA) is 58.2 Å². The summed E-state index contributed by atoms with van der Waals surface area (Å²) in [7, 11) is 0. The van der Waals surface area contributed by atoms with E-state index < -0.39 is 5.41 Å². The number of benzene rings is 1. The molecule has 21 heavy (non-hydrogen) atoms. The summed E-state index contributed by atoms with van der Waals surface area (Å²) >= 11 is 0. The smallest absolute Gasteiger partial charge is 0.235 e. The van der Waals surface area contributed by atoms with E-state index in [4.69, 9.17) is 0 Å². The normalized spacial score (nSPS) is 11.3. The zero-order valence-electron chi connectivity index (χ0n) is 13.6. The van der Waals surface area contributed by atoms with Crippen LogP contribution >= 0.6 is 0 Å². The monoisotopic (exact) mass is 290 g/mol. The lowest BCUT2D eigenvalue weighted by Gasteiger charge is -2.23. The minimum absolute atomic E-state index is 0.238. The van der Waals surface area contributed by atoms with Crippen molar-refractivity contribution in [2.45, 2.75) is 41.2 Å². The lowest BCUT2D eigenvalue weighted by molar-refractivity contribution is -0.141. The highest BCUT2D eigenvalue weighted by molar-refractivity contribution is 6.04. The number of hydrogen-bond donors (Lipinski definition) is 2. The molecule has 0 aliphatic rings. The Balaban J connectivity index is 2.61. The maximum absolute atomic E-state index is 12.3. The first kappa shape index (κ1) is 17.2. The van der Waals surface area contributed by atoms with Gasteiger partial charge < -0.3 is 10.6 Å². The van der Waals surface area contributed by atoms with Gasteiger partial charge in [-0.1, -0.05) is 38.1 Å². The van der Waals surface area contributed by atoms with Crippen LogP contribution in [0.3, 0.4) is 0 Å². The second kappa shape index (κ2) is 7.25. The van der Waals surface area contributed by atoms with Crippen molar-refractivity contribution in [3.8, 4) is 0 Å². The molecule has 0 radical (unpaired) electrons. The first-order chi connectivity index (χ1) is 9.75. The third-order valence-corrected chi connectivity index (χ3v) is 3.51. The molecular weight excluding hydrogens is 264 g/mol. The molecule has 0 saturated heterocycles. The van der Waals surface area contributed by atoms with Gasteiger partial charge in [0.1, 0.15) is 5.41 Å². The SMILES string of the molecule is Cc1ccccc1CNC(=O)C(C)(C)C(=O)NCC(C)C. The fourth-order valence-electron chi connectivity index (χ4n) is 1.83. The van der Waals surface area contributed by atoms with Crippen molar-refractivity contribution in [2.24, 2.45) is 11.3 Å². The Morgan fingerprint density at radius 1 is 1.10 bits per heavy atom. The predicted molar refractivity (Wildman–Crippen MR) is 84.7 cm³/mol. The highest BCUT2D eigenvalue weighted by Gasteiger charge is 2.35. The van der Waals surface area contributed by atoms with Crippen molar-refractivity contribution < 1.29 is 9.59 Å². The van der Waals surface area contributed by atoms with Gasteiger partial charge in [0.15, 0.2) is 0 Å². The average Bonchev–Trinajstić information content (AvgIpc) is 2.43. The molecule has 2 amide bonds. The van der Waals surface area contributed by atoms with Crippen LogP contribution in [0.25, 0.3) is 0 Å². The van der Waals surface area contributed by atoms with E-state index >= 15 is 0 Å². The van der Waals surface area contributed by atoms with Crippen LogP contribution < -0.4 is 10.6 Å². The van der Waals surface area contributed by atoms with Crippen molar-refractivity contribution in [3.63, 3.8) is 0 Å². The molecule has 4 nitrogen and oxygen atoms in total. The minimum Gasteiger partial charge on any atom is -0.355 e. The van der Waals surface area contributed by atoms with Crippen LogP contribution in [0.15, 0.2) is 24.3 Å².